The summed E-state index contributed by atoms with van der Waals surface area (Å²) >= 11 is 0. The van der Waals surface area contributed by atoms with Gasteiger partial charge in [0.05, 0.1) is 18.1 Å². The molecule has 1 aromatic heterocycles. The number of hydrogen-bond acceptors (Lipinski definition) is 4. The Balaban J connectivity index is 1.83. The van der Waals surface area contributed by atoms with Gasteiger partial charge < -0.3 is 9.15 Å². The lowest BCUT2D eigenvalue weighted by Gasteiger charge is -2.21. The lowest BCUT2D eigenvalue weighted by Crippen LogP contribution is -2.26. The first-order valence-corrected chi connectivity index (χ1v) is 9.68. The van der Waals surface area contributed by atoms with E-state index in [2.05, 4.69) is 5.32 Å². The molecule has 0 atom stereocenters. The fourth-order valence-corrected chi connectivity index (χ4v) is 3.85. The molecule has 4 rings (SSSR count). The number of carbonyl (C=O) groups is 1. The molecule has 0 unspecified atom stereocenters. The lowest BCUT2D eigenvalue weighted by molar-refractivity contribution is -0.120. The Kier molecular flexibility index (Phi) is 5.15. The summed E-state index contributed by atoms with van der Waals surface area (Å²) in [5.74, 6) is 0.716. The van der Waals surface area contributed by atoms with Gasteiger partial charge in [-0.25, -0.2) is 0 Å². The van der Waals surface area contributed by atoms with Crippen LogP contribution in [0.1, 0.15) is 32.1 Å². The second-order valence-corrected chi connectivity index (χ2v) is 7.19. The maximum absolute atomic E-state index is 13.3. The Bertz CT molecular complexity index is 1060. The summed E-state index contributed by atoms with van der Waals surface area (Å²) in [6, 6.07) is 14.3. The van der Waals surface area contributed by atoms with Crippen LogP contribution in [0, 0.1) is 5.92 Å². The molecule has 144 valence electrons. The van der Waals surface area contributed by atoms with Gasteiger partial charge in [-0.05, 0) is 42.7 Å². The van der Waals surface area contributed by atoms with Gasteiger partial charge in [-0.3, -0.25) is 14.9 Å². The minimum atomic E-state index is -0.172. The van der Waals surface area contributed by atoms with Crippen LogP contribution in [0.5, 0.6) is 5.75 Å². The maximum atomic E-state index is 13.3. The average molecular weight is 377 g/mol. The van der Waals surface area contributed by atoms with Gasteiger partial charge in [0.15, 0.2) is 0 Å². The van der Waals surface area contributed by atoms with Crippen LogP contribution in [-0.2, 0) is 4.79 Å². The highest BCUT2D eigenvalue weighted by molar-refractivity contribution is 5.97. The van der Waals surface area contributed by atoms with E-state index in [1.54, 1.807) is 31.4 Å². The highest BCUT2D eigenvalue weighted by atomic mass is 16.5. The molecule has 3 aromatic rings. The minimum absolute atomic E-state index is 0.0383. The van der Waals surface area contributed by atoms with Crippen molar-refractivity contribution in [2.75, 3.05) is 12.4 Å². The summed E-state index contributed by atoms with van der Waals surface area (Å²) in [5, 5.41) is 3.39. The van der Waals surface area contributed by atoms with E-state index in [-0.39, 0.29) is 23.1 Å². The Labute approximate surface area is 163 Å². The molecule has 0 bridgehead atoms. The Morgan fingerprint density at radius 2 is 1.86 bits per heavy atom. The van der Waals surface area contributed by atoms with E-state index < -0.39 is 0 Å². The molecule has 5 nitrogen and oxygen atoms in total. The molecule has 0 radical (unpaired) electrons. The summed E-state index contributed by atoms with van der Waals surface area (Å²) in [6.07, 6.45) is 5.03. The normalized spacial score (nSPS) is 14.8. The van der Waals surface area contributed by atoms with E-state index in [0.717, 1.165) is 25.7 Å². The van der Waals surface area contributed by atoms with Crippen LogP contribution in [0.4, 0.5) is 5.88 Å². The highest BCUT2D eigenvalue weighted by Gasteiger charge is 2.24. The van der Waals surface area contributed by atoms with Crippen molar-refractivity contribution in [3.05, 3.63) is 58.8 Å². The van der Waals surface area contributed by atoms with Crippen molar-refractivity contribution in [1.82, 2.24) is 0 Å². The summed E-state index contributed by atoms with van der Waals surface area (Å²) in [4.78, 5) is 26.1. The largest absolute Gasteiger partial charge is 0.497 e. The van der Waals surface area contributed by atoms with Crippen LogP contribution in [0.25, 0.3) is 22.1 Å². The van der Waals surface area contributed by atoms with Gasteiger partial charge in [-0.15, -0.1) is 0 Å². The van der Waals surface area contributed by atoms with Crippen LogP contribution >= 0.6 is 0 Å². The molecule has 5 heteroatoms. The molecule has 0 spiro atoms. The highest BCUT2D eigenvalue weighted by Crippen LogP contribution is 2.32. The van der Waals surface area contributed by atoms with E-state index in [4.69, 9.17) is 9.15 Å². The summed E-state index contributed by atoms with van der Waals surface area (Å²) in [5.41, 5.74) is 1.28. The molecule has 1 fully saturated rings. The van der Waals surface area contributed by atoms with E-state index in [1.165, 1.54) is 6.42 Å². The first kappa shape index (κ1) is 18.3. The zero-order valence-corrected chi connectivity index (χ0v) is 15.9. The third-order valence-electron chi connectivity index (χ3n) is 5.37. The number of fused-ring (bicyclic) bond motifs is 1. The van der Waals surface area contributed by atoms with Crippen molar-refractivity contribution in [3.63, 3.8) is 0 Å². The zero-order chi connectivity index (χ0) is 19.5. The van der Waals surface area contributed by atoms with Gasteiger partial charge in [-0.2, -0.15) is 0 Å². The quantitative estimate of drug-likeness (QED) is 0.696. The molecule has 0 aliphatic heterocycles. The molecule has 1 amide bonds. The first-order chi connectivity index (χ1) is 13.7. The fourth-order valence-electron chi connectivity index (χ4n) is 3.85. The van der Waals surface area contributed by atoms with Crippen LogP contribution in [0.3, 0.4) is 0 Å². The number of benzene rings is 2. The second kappa shape index (κ2) is 7.89. The number of carbonyl (C=O) groups excluding carboxylic acids is 1. The maximum Gasteiger partial charge on any atom is 0.229 e. The van der Waals surface area contributed by atoms with Crippen molar-refractivity contribution in [2.24, 2.45) is 5.92 Å². The molecule has 0 saturated heterocycles. The second-order valence-electron chi connectivity index (χ2n) is 7.19. The third-order valence-corrected chi connectivity index (χ3v) is 5.37. The van der Waals surface area contributed by atoms with E-state index >= 15 is 0 Å². The predicted octanol–water partition coefficient (Wildman–Crippen LogP) is 4.99. The van der Waals surface area contributed by atoms with Crippen LogP contribution in [-0.4, -0.2) is 13.0 Å². The topological polar surface area (TPSA) is 68.5 Å². The van der Waals surface area contributed by atoms with E-state index in [9.17, 15) is 9.59 Å². The number of para-hydroxylation sites is 1. The zero-order valence-electron chi connectivity index (χ0n) is 15.9. The van der Waals surface area contributed by atoms with Gasteiger partial charge in [0, 0.05) is 5.92 Å². The van der Waals surface area contributed by atoms with Gasteiger partial charge in [0.25, 0.3) is 0 Å². The smallest absolute Gasteiger partial charge is 0.229 e. The molecule has 28 heavy (non-hydrogen) atoms. The average Bonchev–Trinajstić information content (AvgIpc) is 2.74. The first-order valence-electron chi connectivity index (χ1n) is 9.68. The van der Waals surface area contributed by atoms with Crippen molar-refractivity contribution in [3.8, 4) is 16.9 Å². The summed E-state index contributed by atoms with van der Waals surface area (Å²) < 4.78 is 11.3. The molecular formula is C23H23NO4. The fraction of sp³-hybridized carbons (Fsp3) is 0.304. The minimum Gasteiger partial charge on any atom is -0.497 e. The van der Waals surface area contributed by atoms with Crippen LogP contribution in [0.15, 0.2) is 57.7 Å². The molecule has 1 aliphatic rings. The number of amides is 1. The van der Waals surface area contributed by atoms with E-state index in [1.807, 2.05) is 24.3 Å². The van der Waals surface area contributed by atoms with Crippen molar-refractivity contribution in [2.45, 2.75) is 32.1 Å². The van der Waals surface area contributed by atoms with Crippen molar-refractivity contribution >= 4 is 22.8 Å². The summed E-state index contributed by atoms with van der Waals surface area (Å²) in [6.45, 7) is 0. The van der Waals surface area contributed by atoms with Gasteiger partial charge >= 0.3 is 0 Å². The number of rotatable bonds is 4. The lowest BCUT2D eigenvalue weighted by atomic mass is 9.88. The SMILES string of the molecule is COc1cccc(-c2c(NC(=O)C3CCCCC3)oc3ccccc3c2=O)c1. The number of anilines is 1. The molecular weight excluding hydrogens is 354 g/mol. The van der Waals surface area contributed by atoms with Crippen molar-refractivity contribution < 1.29 is 13.9 Å². The molecule has 1 aliphatic carbocycles. The molecule has 1 N–H and O–H groups in total. The van der Waals surface area contributed by atoms with Crippen LogP contribution in [0.2, 0.25) is 0 Å². The number of hydrogen-bond donors (Lipinski definition) is 1. The third kappa shape index (κ3) is 3.52. The Morgan fingerprint density at radius 1 is 1.07 bits per heavy atom. The Hall–Kier alpha value is -3.08. The Morgan fingerprint density at radius 3 is 2.64 bits per heavy atom. The predicted molar refractivity (Wildman–Crippen MR) is 110 cm³/mol. The number of methoxy groups -OCH3 is 1. The van der Waals surface area contributed by atoms with Crippen molar-refractivity contribution in [1.29, 1.82) is 0 Å². The van der Waals surface area contributed by atoms with Gasteiger partial charge in [-0.1, -0.05) is 43.5 Å². The standard InChI is InChI=1S/C23H23NO4/c1-27-17-11-7-10-16(14-17)20-21(25)18-12-5-6-13-19(18)28-23(20)24-22(26)15-8-3-2-4-9-15/h5-7,10-15H,2-4,8-9H2,1H3,(H,24,26). The molecule has 1 heterocycles. The number of ether oxygens (including phenoxy) is 1. The van der Waals surface area contributed by atoms with Crippen LogP contribution < -0.4 is 15.5 Å². The summed E-state index contributed by atoms with van der Waals surface area (Å²) in [7, 11) is 1.58. The molecule has 1 saturated carbocycles. The van der Waals surface area contributed by atoms with E-state index in [0.29, 0.717) is 27.8 Å². The van der Waals surface area contributed by atoms with Gasteiger partial charge in [0.1, 0.15) is 11.3 Å². The number of nitrogens with one attached hydrogen (secondary N) is 1. The van der Waals surface area contributed by atoms with Gasteiger partial charge in [0.2, 0.25) is 17.2 Å². The monoisotopic (exact) mass is 377 g/mol. The molecule has 2 aromatic carbocycles.